The lowest BCUT2D eigenvalue weighted by atomic mass is 9.65. The Bertz CT molecular complexity index is 1060. The molecule has 0 aliphatic heterocycles. The molecule has 2 atom stereocenters. The van der Waals surface area contributed by atoms with Crippen LogP contribution >= 0.6 is 0 Å². The van der Waals surface area contributed by atoms with Crippen LogP contribution < -0.4 is 5.43 Å². The van der Waals surface area contributed by atoms with Crippen molar-refractivity contribution in [1.82, 2.24) is 25.2 Å². The smallest absolute Gasteiger partial charge is 0.246 e. The molecule has 7 heteroatoms. The number of amides is 1. The summed E-state index contributed by atoms with van der Waals surface area (Å²) in [6, 6.07) is 8.04. The van der Waals surface area contributed by atoms with Gasteiger partial charge in [0.1, 0.15) is 5.82 Å². The number of benzene rings is 1. The van der Waals surface area contributed by atoms with Crippen LogP contribution in [0.2, 0.25) is 0 Å². The summed E-state index contributed by atoms with van der Waals surface area (Å²) in [6.07, 6.45) is 5.23. The van der Waals surface area contributed by atoms with Crippen LogP contribution in [0.1, 0.15) is 56.6 Å². The zero-order valence-electron chi connectivity index (χ0n) is 17.7. The number of H-pyrrole nitrogens is 1. The molecule has 1 aliphatic rings. The van der Waals surface area contributed by atoms with E-state index in [2.05, 4.69) is 34.5 Å². The summed E-state index contributed by atoms with van der Waals surface area (Å²) in [7, 11) is 1.86. The van der Waals surface area contributed by atoms with E-state index in [1.807, 2.05) is 51.4 Å². The van der Waals surface area contributed by atoms with Gasteiger partial charge in [0, 0.05) is 24.7 Å². The van der Waals surface area contributed by atoms with Crippen molar-refractivity contribution in [3.05, 3.63) is 47.5 Å². The third-order valence-electron chi connectivity index (χ3n) is 6.89. The summed E-state index contributed by atoms with van der Waals surface area (Å²) in [5.41, 5.74) is 5.72. The highest BCUT2D eigenvalue weighted by Crippen LogP contribution is 2.59. The number of rotatable bonds is 4. The molecule has 1 aromatic carbocycles. The van der Waals surface area contributed by atoms with Gasteiger partial charge in [0.2, 0.25) is 5.91 Å². The number of imidazole rings is 1. The number of fused-ring (bicyclic) bond motifs is 1. The number of hydrogen-bond donors (Lipinski definition) is 2. The molecule has 1 fully saturated rings. The number of nitrogens with one attached hydrogen (secondary N) is 2. The SMILES string of the molecule is Cc1nn(C)cc1/C=N/NC(=O)C1(C)CCC(c2nc3ccccc3[nH]2)C1(C)C. The number of aromatic nitrogens is 4. The van der Waals surface area contributed by atoms with E-state index < -0.39 is 5.41 Å². The fourth-order valence-corrected chi connectivity index (χ4v) is 4.55. The van der Waals surface area contributed by atoms with Gasteiger partial charge in [-0.2, -0.15) is 10.2 Å². The van der Waals surface area contributed by atoms with Crippen LogP contribution in [0.25, 0.3) is 11.0 Å². The average Bonchev–Trinajstić information content (AvgIpc) is 3.29. The molecule has 0 spiro atoms. The zero-order valence-corrected chi connectivity index (χ0v) is 17.7. The highest BCUT2D eigenvalue weighted by Gasteiger charge is 2.57. The molecule has 0 saturated heterocycles. The van der Waals surface area contributed by atoms with Crippen LogP contribution in [0.5, 0.6) is 0 Å². The monoisotopic (exact) mass is 392 g/mol. The molecule has 1 amide bonds. The van der Waals surface area contributed by atoms with Gasteiger partial charge in [-0.25, -0.2) is 10.4 Å². The highest BCUT2D eigenvalue weighted by molar-refractivity contribution is 5.86. The Morgan fingerprint density at radius 1 is 1.34 bits per heavy atom. The van der Waals surface area contributed by atoms with Gasteiger partial charge >= 0.3 is 0 Å². The van der Waals surface area contributed by atoms with Crippen LogP contribution in [-0.2, 0) is 11.8 Å². The van der Waals surface area contributed by atoms with Gasteiger partial charge in [-0.1, -0.05) is 32.9 Å². The molecule has 1 saturated carbocycles. The van der Waals surface area contributed by atoms with Crippen molar-refractivity contribution in [2.24, 2.45) is 23.0 Å². The Morgan fingerprint density at radius 3 is 2.79 bits per heavy atom. The quantitative estimate of drug-likeness (QED) is 0.525. The summed E-state index contributed by atoms with van der Waals surface area (Å²) >= 11 is 0. The number of carbonyl (C=O) groups excluding carboxylic acids is 1. The molecular formula is C22H28N6O. The first-order chi connectivity index (χ1) is 13.7. The van der Waals surface area contributed by atoms with Crippen molar-refractivity contribution in [3.8, 4) is 0 Å². The topological polar surface area (TPSA) is 88.0 Å². The second-order valence-electron chi connectivity index (χ2n) is 8.83. The number of nitrogens with zero attached hydrogens (tertiary/aromatic N) is 4. The van der Waals surface area contributed by atoms with Gasteiger partial charge < -0.3 is 4.98 Å². The van der Waals surface area contributed by atoms with E-state index in [0.717, 1.165) is 41.0 Å². The number of hydrogen-bond acceptors (Lipinski definition) is 4. The van der Waals surface area contributed by atoms with Crippen molar-refractivity contribution in [3.63, 3.8) is 0 Å². The van der Waals surface area contributed by atoms with E-state index >= 15 is 0 Å². The number of aromatic amines is 1. The van der Waals surface area contributed by atoms with E-state index in [0.29, 0.717) is 0 Å². The van der Waals surface area contributed by atoms with E-state index in [4.69, 9.17) is 4.98 Å². The highest BCUT2D eigenvalue weighted by atomic mass is 16.2. The van der Waals surface area contributed by atoms with Gasteiger partial charge in [0.15, 0.2) is 0 Å². The van der Waals surface area contributed by atoms with Gasteiger partial charge in [-0.3, -0.25) is 9.48 Å². The lowest BCUT2D eigenvalue weighted by molar-refractivity contribution is -0.135. The number of para-hydroxylation sites is 2. The van der Waals surface area contributed by atoms with Gasteiger partial charge in [-0.05, 0) is 37.3 Å². The lowest BCUT2D eigenvalue weighted by Crippen LogP contribution is -2.45. The Morgan fingerprint density at radius 2 is 2.10 bits per heavy atom. The molecule has 2 unspecified atom stereocenters. The maximum atomic E-state index is 13.1. The van der Waals surface area contributed by atoms with Crippen LogP contribution in [-0.4, -0.2) is 31.9 Å². The standard InChI is InChI=1S/C22H28N6O/c1-14-15(13-28(5)27-14)12-23-26-20(29)22(4)11-10-16(21(22,2)3)19-24-17-8-6-7-9-18(17)25-19/h6-9,12-13,16H,10-11H2,1-5H3,(H,24,25)(H,26,29)/b23-12+. The molecule has 152 valence electrons. The molecule has 2 N–H and O–H groups in total. The molecule has 0 radical (unpaired) electrons. The van der Waals surface area contributed by atoms with Gasteiger partial charge in [-0.15, -0.1) is 0 Å². The third-order valence-corrected chi connectivity index (χ3v) is 6.89. The molecule has 3 aromatic rings. The van der Waals surface area contributed by atoms with E-state index in [1.54, 1.807) is 10.9 Å². The number of hydrazone groups is 1. The second kappa shape index (κ2) is 6.83. The van der Waals surface area contributed by atoms with Crippen molar-refractivity contribution in [1.29, 1.82) is 0 Å². The Balaban J connectivity index is 1.54. The summed E-state index contributed by atoms with van der Waals surface area (Å²) in [5, 5.41) is 8.49. The second-order valence-corrected chi connectivity index (χ2v) is 8.83. The van der Waals surface area contributed by atoms with E-state index in [1.165, 1.54) is 0 Å². The largest absolute Gasteiger partial charge is 0.342 e. The maximum absolute atomic E-state index is 13.1. The van der Waals surface area contributed by atoms with Crippen LogP contribution in [0, 0.1) is 17.8 Å². The minimum Gasteiger partial charge on any atom is -0.342 e. The lowest BCUT2D eigenvalue weighted by Gasteiger charge is -2.39. The van der Waals surface area contributed by atoms with Gasteiger partial charge in [0.05, 0.1) is 28.4 Å². The summed E-state index contributed by atoms with van der Waals surface area (Å²) in [4.78, 5) is 21.4. The fraction of sp³-hybridized carbons (Fsp3) is 0.455. The predicted octanol–water partition coefficient (Wildman–Crippen LogP) is 3.67. The first-order valence-electron chi connectivity index (χ1n) is 10.0. The normalized spacial score (nSPS) is 23.8. The molecule has 7 nitrogen and oxygen atoms in total. The summed E-state index contributed by atoms with van der Waals surface area (Å²) < 4.78 is 1.73. The number of carbonyl (C=O) groups is 1. The first kappa shape index (κ1) is 19.4. The molecular weight excluding hydrogens is 364 g/mol. The van der Waals surface area contributed by atoms with Crippen LogP contribution in [0.3, 0.4) is 0 Å². The molecule has 1 aliphatic carbocycles. The van der Waals surface area contributed by atoms with Crippen LogP contribution in [0.4, 0.5) is 0 Å². The minimum atomic E-state index is -0.544. The molecule has 0 bridgehead atoms. The van der Waals surface area contributed by atoms with E-state index in [9.17, 15) is 4.79 Å². The summed E-state index contributed by atoms with van der Waals surface area (Å²) in [5.74, 6) is 1.08. The number of aryl methyl sites for hydroxylation is 2. The van der Waals surface area contributed by atoms with Crippen LogP contribution in [0.15, 0.2) is 35.6 Å². The Hall–Kier alpha value is -2.96. The molecule has 2 aromatic heterocycles. The van der Waals surface area contributed by atoms with E-state index in [-0.39, 0.29) is 17.2 Å². The maximum Gasteiger partial charge on any atom is 0.246 e. The van der Waals surface area contributed by atoms with Crippen molar-refractivity contribution in [2.75, 3.05) is 0 Å². The first-order valence-corrected chi connectivity index (χ1v) is 10.0. The fourth-order valence-electron chi connectivity index (χ4n) is 4.55. The Kier molecular flexibility index (Phi) is 4.56. The zero-order chi connectivity index (χ0) is 20.8. The van der Waals surface area contributed by atoms with Gasteiger partial charge in [0.25, 0.3) is 0 Å². The van der Waals surface area contributed by atoms with Crippen molar-refractivity contribution in [2.45, 2.75) is 46.5 Å². The van der Waals surface area contributed by atoms with Crippen molar-refractivity contribution >= 4 is 23.2 Å². The van der Waals surface area contributed by atoms with Crippen molar-refractivity contribution < 1.29 is 4.79 Å². The minimum absolute atomic E-state index is 0.0566. The molecule has 29 heavy (non-hydrogen) atoms. The third kappa shape index (κ3) is 3.14. The summed E-state index contributed by atoms with van der Waals surface area (Å²) in [6.45, 7) is 8.27. The Labute approximate surface area is 170 Å². The predicted molar refractivity (Wildman–Crippen MR) is 114 cm³/mol. The molecule has 4 rings (SSSR count). The average molecular weight is 393 g/mol. The molecule has 2 heterocycles.